The predicted molar refractivity (Wildman–Crippen MR) is 60.0 cm³/mol. The molecule has 1 aliphatic heterocycles. The van der Waals surface area contributed by atoms with E-state index < -0.39 is 0 Å². The lowest BCUT2D eigenvalue weighted by atomic mass is 9.96. The monoisotopic (exact) mass is 228 g/mol. The Labute approximate surface area is 96.1 Å². The molecule has 5 nitrogen and oxygen atoms in total. The molecule has 2 amide bonds. The highest BCUT2D eigenvalue weighted by Gasteiger charge is 2.27. The molecule has 1 heterocycles. The van der Waals surface area contributed by atoms with E-state index in [1.54, 1.807) is 11.8 Å². The van der Waals surface area contributed by atoms with Crippen LogP contribution in [0, 0.1) is 5.92 Å². The Bertz CT molecular complexity index is 222. The van der Waals surface area contributed by atoms with Crippen LogP contribution in [0.4, 0.5) is 4.79 Å². The average Bonchev–Trinajstić information content (AvgIpc) is 2.30. The van der Waals surface area contributed by atoms with Crippen LogP contribution in [0.15, 0.2) is 0 Å². The van der Waals surface area contributed by atoms with Crippen molar-refractivity contribution < 1.29 is 14.3 Å². The second-order valence-corrected chi connectivity index (χ2v) is 3.85. The summed E-state index contributed by atoms with van der Waals surface area (Å²) in [5.74, 6) is 0.150. The van der Waals surface area contributed by atoms with Gasteiger partial charge in [-0.05, 0) is 26.7 Å². The molecule has 16 heavy (non-hydrogen) atoms. The Morgan fingerprint density at radius 1 is 1.31 bits per heavy atom. The summed E-state index contributed by atoms with van der Waals surface area (Å²) in [6, 6.07) is 0. The highest BCUT2D eigenvalue weighted by molar-refractivity contribution is 5.79. The summed E-state index contributed by atoms with van der Waals surface area (Å²) in [7, 11) is 0. The molecule has 1 N–H and O–H groups in total. The normalized spacial score (nSPS) is 17.0. The van der Waals surface area contributed by atoms with Crippen molar-refractivity contribution in [3.05, 3.63) is 0 Å². The summed E-state index contributed by atoms with van der Waals surface area (Å²) in [6.07, 6.45) is 1.19. The van der Waals surface area contributed by atoms with Crippen molar-refractivity contribution in [3.8, 4) is 0 Å². The zero-order valence-electron chi connectivity index (χ0n) is 9.99. The van der Waals surface area contributed by atoms with E-state index in [1.165, 1.54) is 0 Å². The highest BCUT2D eigenvalue weighted by atomic mass is 16.6. The van der Waals surface area contributed by atoms with Crippen LogP contribution in [0.3, 0.4) is 0 Å². The molecule has 0 aromatic rings. The summed E-state index contributed by atoms with van der Waals surface area (Å²) in [5.41, 5.74) is 0. The van der Waals surface area contributed by atoms with E-state index in [2.05, 4.69) is 5.32 Å². The third-order valence-corrected chi connectivity index (χ3v) is 2.74. The van der Waals surface area contributed by atoms with Gasteiger partial charge in [0, 0.05) is 25.6 Å². The van der Waals surface area contributed by atoms with E-state index in [0.717, 1.165) is 12.8 Å². The SMILES string of the molecule is CCNC(=O)C1CCN(C(=O)OCC)CC1. The topological polar surface area (TPSA) is 58.6 Å². The van der Waals surface area contributed by atoms with Crippen LogP contribution in [0.5, 0.6) is 0 Å². The first-order valence-corrected chi connectivity index (χ1v) is 5.88. The minimum absolute atomic E-state index is 0.0469. The lowest BCUT2D eigenvalue weighted by Crippen LogP contribution is -2.43. The fraction of sp³-hybridized carbons (Fsp3) is 0.818. The maximum Gasteiger partial charge on any atom is 0.409 e. The molecular weight excluding hydrogens is 208 g/mol. The number of nitrogens with one attached hydrogen (secondary N) is 1. The predicted octanol–water partition coefficient (Wildman–Crippen LogP) is 0.991. The lowest BCUT2D eigenvalue weighted by Gasteiger charge is -2.30. The molecule has 0 aliphatic carbocycles. The first-order chi connectivity index (χ1) is 7.69. The number of piperidine rings is 1. The fourth-order valence-corrected chi connectivity index (χ4v) is 1.86. The molecule has 1 aliphatic rings. The molecule has 0 aromatic heterocycles. The van der Waals surface area contributed by atoms with Crippen molar-refractivity contribution in [2.24, 2.45) is 5.92 Å². The van der Waals surface area contributed by atoms with Gasteiger partial charge in [0.2, 0.25) is 5.91 Å². The van der Waals surface area contributed by atoms with E-state index in [-0.39, 0.29) is 17.9 Å². The van der Waals surface area contributed by atoms with Gasteiger partial charge < -0.3 is 15.0 Å². The van der Waals surface area contributed by atoms with Crippen molar-refractivity contribution in [1.82, 2.24) is 10.2 Å². The lowest BCUT2D eigenvalue weighted by molar-refractivity contribution is -0.126. The fourth-order valence-electron chi connectivity index (χ4n) is 1.86. The van der Waals surface area contributed by atoms with Gasteiger partial charge in [0.1, 0.15) is 0 Å². The van der Waals surface area contributed by atoms with Crippen molar-refractivity contribution in [3.63, 3.8) is 0 Å². The standard InChI is InChI=1S/C11H20N2O3/c1-3-12-10(14)9-5-7-13(8-6-9)11(15)16-4-2/h9H,3-8H2,1-2H3,(H,12,14). The number of carbonyl (C=O) groups excluding carboxylic acids is 2. The van der Waals surface area contributed by atoms with Crippen LogP contribution in [0.2, 0.25) is 0 Å². The van der Waals surface area contributed by atoms with Crippen molar-refractivity contribution in [2.75, 3.05) is 26.2 Å². The van der Waals surface area contributed by atoms with Crippen LogP contribution < -0.4 is 5.32 Å². The Morgan fingerprint density at radius 3 is 2.44 bits per heavy atom. The molecule has 92 valence electrons. The van der Waals surface area contributed by atoms with Gasteiger partial charge >= 0.3 is 6.09 Å². The molecule has 0 radical (unpaired) electrons. The third-order valence-electron chi connectivity index (χ3n) is 2.74. The second kappa shape index (κ2) is 6.35. The Hall–Kier alpha value is -1.26. The summed E-state index contributed by atoms with van der Waals surface area (Å²) in [4.78, 5) is 24.6. The molecule has 0 unspecified atom stereocenters. The van der Waals surface area contributed by atoms with Gasteiger partial charge in [-0.1, -0.05) is 0 Å². The van der Waals surface area contributed by atoms with E-state index in [1.807, 2.05) is 6.92 Å². The molecule has 1 fully saturated rings. The number of carbonyl (C=O) groups is 2. The van der Waals surface area contributed by atoms with Crippen LogP contribution in [0.25, 0.3) is 0 Å². The van der Waals surface area contributed by atoms with E-state index >= 15 is 0 Å². The van der Waals surface area contributed by atoms with Gasteiger partial charge in [-0.2, -0.15) is 0 Å². The Kier molecular flexibility index (Phi) is 5.08. The highest BCUT2D eigenvalue weighted by Crippen LogP contribution is 2.17. The number of rotatable bonds is 3. The molecular formula is C11H20N2O3. The quantitative estimate of drug-likeness (QED) is 0.783. The van der Waals surface area contributed by atoms with Crippen LogP contribution in [0.1, 0.15) is 26.7 Å². The second-order valence-electron chi connectivity index (χ2n) is 3.85. The number of nitrogens with zero attached hydrogens (tertiary/aromatic N) is 1. The molecule has 5 heteroatoms. The molecule has 0 atom stereocenters. The number of hydrogen-bond donors (Lipinski definition) is 1. The van der Waals surface area contributed by atoms with Gasteiger partial charge in [0.25, 0.3) is 0 Å². The molecule has 0 spiro atoms. The van der Waals surface area contributed by atoms with Crippen molar-refractivity contribution >= 4 is 12.0 Å². The number of ether oxygens (including phenoxy) is 1. The third kappa shape index (κ3) is 3.40. The minimum Gasteiger partial charge on any atom is -0.450 e. The first-order valence-electron chi connectivity index (χ1n) is 5.88. The molecule has 1 saturated heterocycles. The zero-order valence-corrected chi connectivity index (χ0v) is 9.99. The Morgan fingerprint density at radius 2 is 1.94 bits per heavy atom. The van der Waals surface area contributed by atoms with Gasteiger partial charge in [0.05, 0.1) is 6.61 Å². The maximum atomic E-state index is 11.6. The molecule has 1 rings (SSSR count). The largest absolute Gasteiger partial charge is 0.450 e. The summed E-state index contributed by atoms with van der Waals surface area (Å²) in [5, 5.41) is 2.81. The summed E-state index contributed by atoms with van der Waals surface area (Å²) >= 11 is 0. The van der Waals surface area contributed by atoms with Crippen LogP contribution in [-0.2, 0) is 9.53 Å². The zero-order chi connectivity index (χ0) is 12.0. The molecule has 0 bridgehead atoms. The average molecular weight is 228 g/mol. The number of likely N-dealkylation sites (tertiary alicyclic amines) is 1. The maximum absolute atomic E-state index is 11.6. The van der Waals surface area contributed by atoms with E-state index in [0.29, 0.717) is 26.2 Å². The van der Waals surface area contributed by atoms with Gasteiger partial charge in [-0.15, -0.1) is 0 Å². The number of hydrogen-bond acceptors (Lipinski definition) is 3. The Balaban J connectivity index is 2.33. The van der Waals surface area contributed by atoms with Gasteiger partial charge in [-0.3, -0.25) is 4.79 Å². The smallest absolute Gasteiger partial charge is 0.409 e. The van der Waals surface area contributed by atoms with Crippen LogP contribution >= 0.6 is 0 Å². The molecule has 0 aromatic carbocycles. The van der Waals surface area contributed by atoms with Crippen molar-refractivity contribution in [2.45, 2.75) is 26.7 Å². The van der Waals surface area contributed by atoms with Gasteiger partial charge in [0.15, 0.2) is 0 Å². The van der Waals surface area contributed by atoms with Crippen LogP contribution in [-0.4, -0.2) is 43.1 Å². The first kappa shape index (κ1) is 12.8. The number of amides is 2. The minimum atomic E-state index is -0.267. The van der Waals surface area contributed by atoms with E-state index in [4.69, 9.17) is 4.74 Å². The molecule has 0 saturated carbocycles. The van der Waals surface area contributed by atoms with Gasteiger partial charge in [-0.25, -0.2) is 4.79 Å². The van der Waals surface area contributed by atoms with E-state index in [9.17, 15) is 9.59 Å². The summed E-state index contributed by atoms with van der Waals surface area (Å²) in [6.45, 7) is 5.98. The summed E-state index contributed by atoms with van der Waals surface area (Å²) < 4.78 is 4.91. The van der Waals surface area contributed by atoms with Crippen molar-refractivity contribution in [1.29, 1.82) is 0 Å².